The number of rotatable bonds is 11. The van der Waals surface area contributed by atoms with Gasteiger partial charge in [0.15, 0.2) is 0 Å². The van der Waals surface area contributed by atoms with Crippen LogP contribution in [-0.4, -0.2) is 75.1 Å². The number of ether oxygens (including phenoxy) is 2. The van der Waals surface area contributed by atoms with Crippen molar-refractivity contribution in [1.29, 1.82) is 0 Å². The van der Waals surface area contributed by atoms with Gasteiger partial charge in [-0.05, 0) is 57.7 Å². The van der Waals surface area contributed by atoms with Crippen LogP contribution in [0.4, 0.5) is 32.8 Å². The van der Waals surface area contributed by atoms with Crippen molar-refractivity contribution in [2.24, 2.45) is 0 Å². The Balaban J connectivity index is 2.00. The van der Waals surface area contributed by atoms with Gasteiger partial charge < -0.3 is 25.4 Å². The lowest BCUT2D eigenvalue weighted by Gasteiger charge is -2.20. The second kappa shape index (κ2) is 15.5. The molecule has 0 unspecified atom stereocenters. The molecule has 1 aromatic carbocycles. The number of hydrogen-bond donors (Lipinski definition) is 3. The highest BCUT2D eigenvalue weighted by molar-refractivity contribution is 5.96. The number of nitrogens with zero attached hydrogens (tertiary/aromatic N) is 4. The van der Waals surface area contributed by atoms with Crippen LogP contribution in [-0.2, 0) is 32.0 Å². The standard InChI is InChI=1S/C30H35F4N7O7/c1-29(2,3)48-28(46)41-21-13-18(31)12-17(10-11-30(32,33)34)24(21)39-22(41)15-40-16-36-14-20(26(40)44)37-25(43)19(38-27(45)47-5)8-6-7-9-23(42)35-4/h7,9,12-14,16,19H,6,8,10-11,15H2,1-5H3,(H,35,42)(H,37,43)(H,38,45)/b9-7+/t19-/m0/s1. The summed E-state index contributed by atoms with van der Waals surface area (Å²) in [5.41, 5.74) is -2.60. The van der Waals surface area contributed by atoms with Crippen molar-refractivity contribution in [2.75, 3.05) is 19.5 Å². The number of alkyl carbamates (subject to hydrolysis) is 1. The van der Waals surface area contributed by atoms with E-state index in [9.17, 15) is 41.5 Å². The summed E-state index contributed by atoms with van der Waals surface area (Å²) in [5, 5.41) is 7.12. The number of halogens is 4. The molecular weight excluding hydrogens is 646 g/mol. The number of aryl methyl sites for hydroxylation is 1. The molecule has 48 heavy (non-hydrogen) atoms. The molecule has 0 radical (unpaired) electrons. The van der Waals surface area contributed by atoms with Gasteiger partial charge in [-0.1, -0.05) is 6.08 Å². The van der Waals surface area contributed by atoms with Crippen LogP contribution in [0.3, 0.4) is 0 Å². The van der Waals surface area contributed by atoms with E-state index in [2.05, 4.69) is 30.7 Å². The normalized spacial score (nSPS) is 12.5. The number of carbonyl (C=O) groups is 4. The second-order valence-corrected chi connectivity index (χ2v) is 11.4. The summed E-state index contributed by atoms with van der Waals surface area (Å²) in [5.74, 6) is -2.32. The third-order valence-corrected chi connectivity index (χ3v) is 6.53. The zero-order valence-corrected chi connectivity index (χ0v) is 26.7. The zero-order valence-electron chi connectivity index (χ0n) is 26.7. The third-order valence-electron chi connectivity index (χ3n) is 6.53. The number of carbonyl (C=O) groups excluding carboxylic acids is 4. The number of hydrogen-bond acceptors (Lipinski definition) is 9. The number of alkyl halides is 3. The first kappa shape index (κ1) is 37.2. The topological polar surface area (TPSA) is 176 Å². The smallest absolute Gasteiger partial charge is 0.420 e. The Morgan fingerprint density at radius 2 is 1.83 bits per heavy atom. The van der Waals surface area contributed by atoms with E-state index >= 15 is 0 Å². The Kier molecular flexibility index (Phi) is 12.0. The average molecular weight is 682 g/mol. The lowest BCUT2D eigenvalue weighted by molar-refractivity contribution is -0.134. The zero-order chi connectivity index (χ0) is 35.8. The van der Waals surface area contributed by atoms with E-state index in [0.29, 0.717) is 0 Å². The maximum Gasteiger partial charge on any atom is 0.420 e. The summed E-state index contributed by atoms with van der Waals surface area (Å²) in [4.78, 5) is 71.4. The summed E-state index contributed by atoms with van der Waals surface area (Å²) in [6.07, 6.45) is -3.40. The number of allylic oxidation sites excluding steroid dienone is 1. The van der Waals surface area contributed by atoms with Gasteiger partial charge in [0.05, 0.1) is 37.2 Å². The highest BCUT2D eigenvalue weighted by Crippen LogP contribution is 2.28. The van der Waals surface area contributed by atoms with Crippen LogP contribution < -0.4 is 21.5 Å². The van der Waals surface area contributed by atoms with Crippen molar-refractivity contribution in [2.45, 2.75) is 70.8 Å². The summed E-state index contributed by atoms with van der Waals surface area (Å²) in [7, 11) is 2.53. The molecule has 0 saturated carbocycles. The first-order valence-electron chi connectivity index (χ1n) is 14.5. The molecule has 18 heteroatoms. The maximum atomic E-state index is 14.7. The lowest BCUT2D eigenvalue weighted by Crippen LogP contribution is -2.44. The number of fused-ring (bicyclic) bond motifs is 1. The number of methoxy groups -OCH3 is 1. The predicted octanol–water partition coefficient (Wildman–Crippen LogP) is 3.80. The summed E-state index contributed by atoms with van der Waals surface area (Å²) in [6.45, 7) is 4.21. The van der Waals surface area contributed by atoms with E-state index in [4.69, 9.17) is 4.74 Å². The van der Waals surface area contributed by atoms with Gasteiger partial charge in [0.25, 0.3) is 5.56 Å². The first-order chi connectivity index (χ1) is 22.4. The molecule has 0 aliphatic rings. The Morgan fingerprint density at radius 3 is 2.46 bits per heavy atom. The van der Waals surface area contributed by atoms with Crippen molar-refractivity contribution in [3.63, 3.8) is 0 Å². The Bertz CT molecular complexity index is 1760. The number of imidazole rings is 1. The van der Waals surface area contributed by atoms with Crippen molar-refractivity contribution < 1.29 is 46.2 Å². The number of anilines is 1. The minimum Gasteiger partial charge on any atom is -0.453 e. The van der Waals surface area contributed by atoms with Gasteiger partial charge in [-0.2, -0.15) is 13.2 Å². The molecule has 3 N–H and O–H groups in total. The second-order valence-electron chi connectivity index (χ2n) is 11.4. The van der Waals surface area contributed by atoms with Gasteiger partial charge in [0.1, 0.15) is 29.0 Å². The molecule has 3 amide bonds. The van der Waals surface area contributed by atoms with Crippen LogP contribution in [0.5, 0.6) is 0 Å². The highest BCUT2D eigenvalue weighted by Gasteiger charge is 2.29. The first-order valence-corrected chi connectivity index (χ1v) is 14.5. The van der Waals surface area contributed by atoms with E-state index < -0.39 is 66.7 Å². The minimum atomic E-state index is -4.55. The molecule has 2 aromatic heterocycles. The number of benzene rings is 1. The molecule has 3 rings (SSSR count). The van der Waals surface area contributed by atoms with Gasteiger partial charge in [0, 0.05) is 19.5 Å². The predicted molar refractivity (Wildman–Crippen MR) is 164 cm³/mol. The molecule has 0 bridgehead atoms. The van der Waals surface area contributed by atoms with E-state index in [1.165, 1.54) is 19.2 Å². The van der Waals surface area contributed by atoms with Crippen molar-refractivity contribution in [3.8, 4) is 0 Å². The maximum absolute atomic E-state index is 14.7. The molecule has 0 saturated heterocycles. The molecule has 0 fully saturated rings. The van der Waals surface area contributed by atoms with E-state index in [-0.39, 0.29) is 46.9 Å². The van der Waals surface area contributed by atoms with Gasteiger partial charge in [-0.15, -0.1) is 0 Å². The molecular formula is C30H35F4N7O7. The quantitative estimate of drug-likeness (QED) is 0.201. The number of nitrogens with one attached hydrogen (secondary N) is 3. The monoisotopic (exact) mass is 681 g/mol. The number of likely N-dealkylation sites (N-methyl/N-ethyl adjacent to an activating group) is 1. The van der Waals surface area contributed by atoms with Crippen molar-refractivity contribution >= 4 is 40.7 Å². The Morgan fingerprint density at radius 1 is 1.12 bits per heavy atom. The Labute approximate surface area is 271 Å². The molecule has 0 aliphatic heterocycles. The molecule has 1 atom stereocenters. The van der Waals surface area contributed by atoms with Crippen LogP contribution in [0, 0.1) is 5.82 Å². The van der Waals surface area contributed by atoms with Crippen molar-refractivity contribution in [1.82, 2.24) is 29.7 Å². The fourth-order valence-electron chi connectivity index (χ4n) is 4.37. The lowest BCUT2D eigenvalue weighted by atomic mass is 10.1. The summed E-state index contributed by atoms with van der Waals surface area (Å²) in [6, 6.07) is 0.602. The fraction of sp³-hybridized carbons (Fsp3) is 0.433. The third kappa shape index (κ3) is 10.4. The van der Waals surface area contributed by atoms with Gasteiger partial charge in [-0.25, -0.2) is 28.5 Å². The van der Waals surface area contributed by atoms with E-state index in [1.807, 2.05) is 0 Å². The number of aromatic nitrogens is 4. The van der Waals surface area contributed by atoms with Crippen LogP contribution in [0.15, 0.2) is 41.6 Å². The van der Waals surface area contributed by atoms with Gasteiger partial charge in [-0.3, -0.25) is 19.0 Å². The van der Waals surface area contributed by atoms with Gasteiger partial charge >= 0.3 is 18.4 Å². The molecule has 0 spiro atoms. The highest BCUT2D eigenvalue weighted by atomic mass is 19.4. The van der Waals surface area contributed by atoms with Crippen molar-refractivity contribution in [3.05, 3.63) is 64.4 Å². The molecule has 260 valence electrons. The van der Waals surface area contributed by atoms with Crippen LogP contribution >= 0.6 is 0 Å². The minimum absolute atomic E-state index is 0.00995. The molecule has 2 heterocycles. The fourth-order valence-corrected chi connectivity index (χ4v) is 4.37. The number of amides is 3. The summed E-state index contributed by atoms with van der Waals surface area (Å²) >= 11 is 0. The molecule has 3 aromatic rings. The largest absolute Gasteiger partial charge is 0.453 e. The average Bonchev–Trinajstić information content (AvgIpc) is 3.35. The SMILES string of the molecule is CNC(=O)/C=C/CC[C@H](NC(=O)OC)C(=O)Nc1cncn(Cc2nc3c(CCC(F)(F)F)cc(F)cc3n2C(=O)OC(C)(C)C)c1=O. The van der Waals surface area contributed by atoms with Gasteiger partial charge in [0.2, 0.25) is 11.8 Å². The van der Waals surface area contributed by atoms with Crippen LogP contribution in [0.2, 0.25) is 0 Å². The van der Waals surface area contributed by atoms with Crippen LogP contribution in [0.25, 0.3) is 11.0 Å². The van der Waals surface area contributed by atoms with E-state index in [0.717, 1.165) is 40.9 Å². The molecule has 0 aliphatic carbocycles. The van der Waals surface area contributed by atoms with E-state index in [1.54, 1.807) is 20.8 Å². The molecule has 14 nitrogen and oxygen atoms in total. The summed E-state index contributed by atoms with van der Waals surface area (Å²) < 4.78 is 65.6. The Hall–Kier alpha value is -5.29. The van der Waals surface area contributed by atoms with Crippen LogP contribution in [0.1, 0.15) is 51.4 Å².